The van der Waals surface area contributed by atoms with Gasteiger partial charge in [-0.3, -0.25) is 0 Å². The highest BCUT2D eigenvalue weighted by Crippen LogP contribution is 2.36. The minimum atomic E-state index is -2.80. The molecule has 3 atom stereocenters. The third kappa shape index (κ3) is 6.13. The summed E-state index contributed by atoms with van der Waals surface area (Å²) in [6.45, 7) is 7.27. The van der Waals surface area contributed by atoms with Gasteiger partial charge in [-0.1, -0.05) is 33.6 Å². The van der Waals surface area contributed by atoms with Crippen LogP contribution in [0.25, 0.3) is 0 Å². The van der Waals surface area contributed by atoms with Crippen LogP contribution in [0.4, 0.5) is 0 Å². The Bertz CT molecular complexity index is 353. The first-order valence-corrected chi connectivity index (χ1v) is 10.3. The maximum atomic E-state index is 11.6. The number of nitrogens with one attached hydrogen (secondary N) is 1. The van der Waals surface area contributed by atoms with Gasteiger partial charge in [-0.15, -0.1) is 0 Å². The third-order valence-corrected chi connectivity index (χ3v) is 6.59. The molecule has 1 N–H and O–H groups in total. The van der Waals surface area contributed by atoms with Crippen molar-refractivity contribution in [2.45, 2.75) is 71.8 Å². The van der Waals surface area contributed by atoms with E-state index in [1.807, 2.05) is 0 Å². The molecule has 3 unspecified atom stereocenters. The van der Waals surface area contributed by atoms with Crippen molar-refractivity contribution in [3.63, 3.8) is 0 Å². The summed E-state index contributed by atoms with van der Waals surface area (Å²) in [7, 11) is -2.80. The molecule has 0 aliphatic heterocycles. The van der Waals surface area contributed by atoms with Gasteiger partial charge >= 0.3 is 0 Å². The molecule has 1 fully saturated rings. The van der Waals surface area contributed by atoms with Crippen LogP contribution in [0.3, 0.4) is 0 Å². The molecule has 1 aliphatic carbocycles. The number of sulfone groups is 1. The lowest BCUT2D eigenvalue weighted by Gasteiger charge is -2.25. The lowest BCUT2D eigenvalue weighted by atomic mass is 9.92. The van der Waals surface area contributed by atoms with Gasteiger partial charge in [0.25, 0.3) is 0 Å². The molecule has 20 heavy (non-hydrogen) atoms. The fraction of sp³-hybridized carbons (Fsp3) is 1.00. The summed E-state index contributed by atoms with van der Waals surface area (Å²) in [4.78, 5) is 0. The van der Waals surface area contributed by atoms with Crippen LogP contribution in [0.15, 0.2) is 0 Å². The first-order chi connectivity index (χ1) is 9.52. The molecule has 0 saturated heterocycles. The molecule has 0 spiro atoms. The highest BCUT2D eigenvalue weighted by molar-refractivity contribution is 7.91. The van der Waals surface area contributed by atoms with Crippen LogP contribution in [0, 0.1) is 11.8 Å². The molecule has 0 heterocycles. The highest BCUT2D eigenvalue weighted by atomic mass is 32.2. The number of hydrogen-bond donors (Lipinski definition) is 1. The van der Waals surface area contributed by atoms with Gasteiger partial charge in [0.15, 0.2) is 0 Å². The van der Waals surface area contributed by atoms with Crippen LogP contribution in [-0.4, -0.2) is 32.5 Å². The van der Waals surface area contributed by atoms with Crippen molar-refractivity contribution in [3.05, 3.63) is 0 Å². The van der Waals surface area contributed by atoms with Gasteiger partial charge in [0.2, 0.25) is 0 Å². The van der Waals surface area contributed by atoms with Crippen LogP contribution < -0.4 is 5.32 Å². The van der Waals surface area contributed by atoms with Crippen molar-refractivity contribution in [1.82, 2.24) is 5.32 Å². The van der Waals surface area contributed by atoms with Gasteiger partial charge in [0, 0.05) is 11.8 Å². The molecule has 3 nitrogen and oxygen atoms in total. The third-order valence-electron chi connectivity index (χ3n) is 4.79. The van der Waals surface area contributed by atoms with Gasteiger partial charge in [0.1, 0.15) is 9.84 Å². The fourth-order valence-electron chi connectivity index (χ4n) is 3.35. The molecule has 0 aromatic carbocycles. The largest absolute Gasteiger partial charge is 0.314 e. The molecule has 0 aromatic rings. The number of hydrogen-bond acceptors (Lipinski definition) is 3. The maximum absolute atomic E-state index is 11.6. The Balaban J connectivity index is 2.44. The van der Waals surface area contributed by atoms with Gasteiger partial charge < -0.3 is 5.32 Å². The van der Waals surface area contributed by atoms with E-state index in [0.29, 0.717) is 11.8 Å². The smallest absolute Gasteiger partial charge is 0.150 e. The zero-order chi connectivity index (χ0) is 15.0. The lowest BCUT2D eigenvalue weighted by molar-refractivity contribution is 0.327. The summed E-state index contributed by atoms with van der Waals surface area (Å²) in [5.41, 5.74) is 0. The predicted molar refractivity (Wildman–Crippen MR) is 86.8 cm³/mol. The van der Waals surface area contributed by atoms with Crippen molar-refractivity contribution in [2.75, 3.05) is 18.1 Å². The summed E-state index contributed by atoms with van der Waals surface area (Å²) in [5.74, 6) is 2.29. The van der Waals surface area contributed by atoms with Crippen LogP contribution in [-0.2, 0) is 9.84 Å². The average Bonchev–Trinajstić information content (AvgIpc) is 2.91. The summed E-state index contributed by atoms with van der Waals surface area (Å²) in [6, 6.07) is 0.526. The van der Waals surface area contributed by atoms with Gasteiger partial charge in [-0.25, -0.2) is 8.42 Å². The van der Waals surface area contributed by atoms with E-state index >= 15 is 0 Å². The summed E-state index contributed by atoms with van der Waals surface area (Å²) < 4.78 is 23.2. The van der Waals surface area contributed by atoms with Crippen LogP contribution in [0.5, 0.6) is 0 Å². The van der Waals surface area contributed by atoms with E-state index in [1.54, 1.807) is 6.92 Å². The summed E-state index contributed by atoms with van der Waals surface area (Å²) in [5, 5.41) is 3.67. The second-order valence-electron chi connectivity index (χ2n) is 6.29. The first kappa shape index (κ1) is 18.0. The van der Waals surface area contributed by atoms with E-state index in [9.17, 15) is 8.42 Å². The Morgan fingerprint density at radius 2 is 1.95 bits per heavy atom. The Hall–Kier alpha value is -0.0900. The van der Waals surface area contributed by atoms with E-state index in [2.05, 4.69) is 19.2 Å². The molecule has 120 valence electrons. The van der Waals surface area contributed by atoms with Crippen molar-refractivity contribution >= 4 is 9.84 Å². The van der Waals surface area contributed by atoms with Crippen LogP contribution >= 0.6 is 0 Å². The Morgan fingerprint density at radius 1 is 1.20 bits per heavy atom. The Labute approximate surface area is 125 Å². The zero-order valence-electron chi connectivity index (χ0n) is 13.5. The number of rotatable bonds is 10. The van der Waals surface area contributed by atoms with E-state index in [-0.39, 0.29) is 5.75 Å². The molecule has 0 aromatic heterocycles. The van der Waals surface area contributed by atoms with Gasteiger partial charge in [-0.2, -0.15) is 0 Å². The fourth-order valence-corrected chi connectivity index (χ4v) is 4.25. The minimum Gasteiger partial charge on any atom is -0.314 e. The molecule has 1 rings (SSSR count). The van der Waals surface area contributed by atoms with Crippen molar-refractivity contribution < 1.29 is 8.42 Å². The quantitative estimate of drug-likeness (QED) is 0.673. The zero-order valence-corrected chi connectivity index (χ0v) is 14.3. The Morgan fingerprint density at radius 3 is 2.50 bits per heavy atom. The molecule has 4 heteroatoms. The second-order valence-corrected chi connectivity index (χ2v) is 8.76. The van der Waals surface area contributed by atoms with Crippen molar-refractivity contribution in [1.29, 1.82) is 0 Å². The SMILES string of the molecule is CCCNC(CCCS(=O)(=O)CC)C1CCC(CC)C1. The van der Waals surface area contributed by atoms with Crippen molar-refractivity contribution in [3.8, 4) is 0 Å². The highest BCUT2D eigenvalue weighted by Gasteiger charge is 2.29. The van der Waals surface area contributed by atoms with Gasteiger partial charge in [0.05, 0.1) is 5.75 Å². The molecular formula is C16H33NO2S. The molecule has 1 saturated carbocycles. The molecule has 0 radical (unpaired) electrons. The van der Waals surface area contributed by atoms with Crippen LogP contribution in [0.1, 0.15) is 65.7 Å². The monoisotopic (exact) mass is 303 g/mol. The predicted octanol–water partition coefficient (Wildman–Crippen LogP) is 3.40. The molecule has 0 amide bonds. The first-order valence-electron chi connectivity index (χ1n) is 8.46. The molecule has 1 aliphatic rings. The minimum absolute atomic E-state index is 0.279. The standard InChI is InChI=1S/C16H33NO2S/c1-4-11-17-16(8-7-12-20(18,19)6-3)15-10-9-14(5-2)13-15/h14-17H,4-13H2,1-3H3. The maximum Gasteiger partial charge on any atom is 0.150 e. The average molecular weight is 304 g/mol. The van der Waals surface area contributed by atoms with Crippen molar-refractivity contribution in [2.24, 2.45) is 11.8 Å². The molecular weight excluding hydrogens is 270 g/mol. The second kappa shape index (κ2) is 9.04. The van der Waals surface area contributed by atoms with E-state index in [4.69, 9.17) is 0 Å². The summed E-state index contributed by atoms with van der Waals surface area (Å²) >= 11 is 0. The Kier molecular flexibility index (Phi) is 8.11. The molecule has 0 bridgehead atoms. The topological polar surface area (TPSA) is 46.2 Å². The van der Waals surface area contributed by atoms with E-state index in [0.717, 1.165) is 37.6 Å². The van der Waals surface area contributed by atoms with Crippen LogP contribution in [0.2, 0.25) is 0 Å². The summed E-state index contributed by atoms with van der Waals surface area (Å²) in [6.07, 6.45) is 8.28. The lowest BCUT2D eigenvalue weighted by Crippen LogP contribution is -2.36. The van der Waals surface area contributed by atoms with E-state index < -0.39 is 9.84 Å². The van der Waals surface area contributed by atoms with E-state index in [1.165, 1.54) is 25.7 Å². The normalized spacial score (nSPS) is 24.9. The van der Waals surface area contributed by atoms with Gasteiger partial charge in [-0.05, 0) is 50.5 Å².